The second kappa shape index (κ2) is 14.8. The third-order valence-corrected chi connectivity index (χ3v) is 16.4. The molecule has 0 unspecified atom stereocenters. The van der Waals surface area contributed by atoms with Crippen LogP contribution >= 0.6 is 0 Å². The summed E-state index contributed by atoms with van der Waals surface area (Å²) in [4.78, 5) is 56.5. The van der Waals surface area contributed by atoms with Gasteiger partial charge in [-0.1, -0.05) is 0 Å². The highest BCUT2D eigenvalue weighted by Gasteiger charge is 2.57. The fourth-order valence-corrected chi connectivity index (χ4v) is 12.2. The van der Waals surface area contributed by atoms with Gasteiger partial charge in [0.1, 0.15) is 24.4 Å². The average molecular weight is 781 g/mol. The molecule has 9 saturated carbocycles. The van der Waals surface area contributed by atoms with Crippen molar-refractivity contribution in [1.29, 1.82) is 10.5 Å². The summed E-state index contributed by atoms with van der Waals surface area (Å²) in [5.74, 6) is -0.582. The standard InChI is InChI=1S/C42H58F2N6O6/c43-29-19-31(21-45)49(23-29)25-33(51)47-41-13-7-39(8-14-41,9-15-41)35(53)55-27-37-1-2-38(5-3-37,6-4-37)28-56-36(54)40-10-16-42(17-11-40,18-12-40)48-34(52)26-50-24-30(44)20-32(50)22-46/h29-32H,1-20,23-28H2,(H,47,51)(H,48,52)/t29-,30-,31-,32-,37?,38?,39?,40?,41?,42?/m0/s1. The first-order valence-electron chi connectivity index (χ1n) is 21.3. The Hall–Kier alpha value is -3.36. The fraction of sp³-hybridized carbons (Fsp3) is 0.857. The zero-order valence-electron chi connectivity index (χ0n) is 32.7. The van der Waals surface area contributed by atoms with E-state index in [0.717, 1.165) is 38.5 Å². The van der Waals surface area contributed by atoms with E-state index in [0.29, 0.717) is 90.3 Å². The lowest BCUT2D eigenvalue weighted by Crippen LogP contribution is -2.60. The number of ether oxygens (including phenoxy) is 2. The number of esters is 2. The number of hydrogen-bond donors (Lipinski definition) is 2. The summed E-state index contributed by atoms with van der Waals surface area (Å²) < 4.78 is 40.1. The van der Waals surface area contributed by atoms with Gasteiger partial charge in [-0.05, 0) is 116 Å². The van der Waals surface area contributed by atoms with E-state index in [9.17, 15) is 38.5 Å². The van der Waals surface area contributed by atoms with Gasteiger partial charge >= 0.3 is 11.9 Å². The molecule has 0 radical (unpaired) electrons. The maximum atomic E-state index is 13.9. The number of rotatable bonds is 12. The van der Waals surface area contributed by atoms with E-state index in [-0.39, 0.29) is 84.7 Å². The first-order valence-corrected chi connectivity index (χ1v) is 21.3. The molecule has 2 saturated heterocycles. The molecule has 12 nitrogen and oxygen atoms in total. The van der Waals surface area contributed by atoms with Crippen LogP contribution in [0, 0.1) is 44.3 Å². The van der Waals surface area contributed by atoms with Gasteiger partial charge in [0, 0.05) is 47.8 Å². The van der Waals surface area contributed by atoms with Crippen molar-refractivity contribution in [3.63, 3.8) is 0 Å². The lowest BCUT2D eigenvalue weighted by molar-refractivity contribution is -0.178. The number of fused-ring (bicyclic) bond motifs is 9. The van der Waals surface area contributed by atoms with E-state index >= 15 is 0 Å². The summed E-state index contributed by atoms with van der Waals surface area (Å²) in [5, 5.41) is 25.1. The monoisotopic (exact) mass is 780 g/mol. The summed E-state index contributed by atoms with van der Waals surface area (Å²) >= 11 is 0. The Bertz CT molecular complexity index is 1480. The largest absolute Gasteiger partial charge is 0.465 e. The van der Waals surface area contributed by atoms with Gasteiger partial charge in [-0.25, -0.2) is 8.78 Å². The number of alkyl halides is 2. The Morgan fingerprint density at radius 3 is 1.18 bits per heavy atom. The molecule has 306 valence electrons. The lowest BCUT2D eigenvalue weighted by atomic mass is 9.54. The van der Waals surface area contributed by atoms with Crippen molar-refractivity contribution in [3.8, 4) is 12.1 Å². The van der Waals surface area contributed by atoms with Crippen LogP contribution < -0.4 is 10.6 Å². The molecule has 14 heteroatoms. The number of nitriles is 2. The van der Waals surface area contributed by atoms with Crippen LogP contribution in [-0.4, -0.2) is 108 Å². The molecule has 2 N–H and O–H groups in total. The second-order valence-electron chi connectivity index (χ2n) is 19.7. The highest BCUT2D eigenvalue weighted by atomic mass is 19.1. The Morgan fingerprint density at radius 1 is 0.554 bits per heavy atom. The Labute approximate surface area is 328 Å². The van der Waals surface area contributed by atoms with Gasteiger partial charge in [0.2, 0.25) is 11.8 Å². The SMILES string of the molecule is N#C[C@@H]1C[C@H](F)CN1CC(=O)NC12CCC(C(=O)OCC34CCC(COC(=O)C56CCC(NC(=O)CN7C[C@@H](F)C[C@H]7C#N)(CC5)CC6)(CC3)CC4)(CC1)CC2. The van der Waals surface area contributed by atoms with Crippen molar-refractivity contribution < 1.29 is 37.4 Å². The van der Waals surface area contributed by atoms with Crippen LogP contribution in [0.3, 0.4) is 0 Å². The summed E-state index contributed by atoms with van der Waals surface area (Å²) in [6, 6.07) is 3.06. The molecule has 11 aliphatic rings. The second-order valence-corrected chi connectivity index (χ2v) is 19.7. The van der Waals surface area contributed by atoms with Crippen LogP contribution in [0.4, 0.5) is 8.78 Å². The molecule has 6 bridgehead atoms. The molecule has 2 heterocycles. The third kappa shape index (κ3) is 7.42. The molecule has 4 atom stereocenters. The van der Waals surface area contributed by atoms with Crippen LogP contribution in [0.25, 0.3) is 0 Å². The first-order chi connectivity index (χ1) is 26.7. The zero-order chi connectivity index (χ0) is 39.4. The number of hydrogen-bond acceptors (Lipinski definition) is 10. The van der Waals surface area contributed by atoms with Crippen molar-refractivity contribution in [2.75, 3.05) is 39.4 Å². The Balaban J connectivity index is 0.754. The molecule has 11 rings (SSSR count). The minimum atomic E-state index is -1.08. The van der Waals surface area contributed by atoms with Crippen LogP contribution in [0.5, 0.6) is 0 Å². The van der Waals surface area contributed by atoms with Gasteiger partial charge < -0.3 is 20.1 Å². The molecule has 2 aliphatic heterocycles. The van der Waals surface area contributed by atoms with Crippen molar-refractivity contribution in [1.82, 2.24) is 20.4 Å². The van der Waals surface area contributed by atoms with Crippen molar-refractivity contribution in [2.24, 2.45) is 21.7 Å². The average Bonchev–Trinajstić information content (AvgIpc) is 3.76. The fourth-order valence-electron chi connectivity index (χ4n) is 12.2. The summed E-state index contributed by atoms with van der Waals surface area (Å²) in [7, 11) is 0. The highest BCUT2D eigenvalue weighted by molar-refractivity contribution is 5.81. The van der Waals surface area contributed by atoms with E-state index in [1.807, 2.05) is 0 Å². The lowest BCUT2D eigenvalue weighted by Gasteiger charge is -2.55. The number of carbonyl (C=O) groups excluding carboxylic acids is 4. The van der Waals surface area contributed by atoms with Crippen molar-refractivity contribution in [2.45, 2.75) is 164 Å². The molecule has 11 fully saturated rings. The van der Waals surface area contributed by atoms with Crippen LogP contribution in [-0.2, 0) is 28.7 Å². The van der Waals surface area contributed by atoms with Gasteiger partial charge in [0.05, 0.1) is 49.3 Å². The van der Waals surface area contributed by atoms with Gasteiger partial charge in [-0.15, -0.1) is 0 Å². The first kappa shape index (κ1) is 39.5. The van der Waals surface area contributed by atoms with Crippen molar-refractivity contribution >= 4 is 23.8 Å². The number of halogens is 2. The molecule has 0 spiro atoms. The van der Waals surface area contributed by atoms with E-state index in [4.69, 9.17) is 9.47 Å². The normalized spacial score (nSPS) is 42.8. The number of nitrogens with one attached hydrogen (secondary N) is 2. The molecule has 9 aliphatic carbocycles. The topological polar surface area (TPSA) is 165 Å². The van der Waals surface area contributed by atoms with Gasteiger partial charge in [-0.3, -0.25) is 29.0 Å². The van der Waals surface area contributed by atoms with Crippen LogP contribution in [0.2, 0.25) is 0 Å². The molecular formula is C42H58F2N6O6. The maximum absolute atomic E-state index is 13.9. The van der Waals surface area contributed by atoms with Crippen LogP contribution in [0.1, 0.15) is 128 Å². The Kier molecular flexibility index (Phi) is 10.4. The van der Waals surface area contributed by atoms with E-state index < -0.39 is 35.3 Å². The quantitative estimate of drug-likeness (QED) is 0.265. The summed E-state index contributed by atoms with van der Waals surface area (Å²) in [6.07, 6.45) is 12.1. The molecular weight excluding hydrogens is 722 g/mol. The van der Waals surface area contributed by atoms with Gasteiger partial charge in [-0.2, -0.15) is 10.5 Å². The van der Waals surface area contributed by atoms with E-state index in [1.54, 1.807) is 9.80 Å². The number of carbonyl (C=O) groups is 4. The Morgan fingerprint density at radius 2 is 0.875 bits per heavy atom. The predicted octanol–water partition coefficient (Wildman–Crippen LogP) is 4.70. The highest BCUT2D eigenvalue weighted by Crippen LogP contribution is 2.59. The molecule has 0 aromatic carbocycles. The van der Waals surface area contributed by atoms with E-state index in [1.165, 1.54) is 0 Å². The number of amides is 2. The molecule has 2 amide bonds. The smallest absolute Gasteiger partial charge is 0.312 e. The molecule has 56 heavy (non-hydrogen) atoms. The number of nitrogens with zero attached hydrogens (tertiary/aromatic N) is 4. The van der Waals surface area contributed by atoms with Crippen LogP contribution in [0.15, 0.2) is 0 Å². The minimum Gasteiger partial charge on any atom is -0.465 e. The molecule has 0 aromatic rings. The zero-order valence-corrected chi connectivity index (χ0v) is 32.7. The summed E-state index contributed by atoms with van der Waals surface area (Å²) in [6.45, 7) is 1.09. The van der Waals surface area contributed by atoms with Gasteiger partial charge in [0.15, 0.2) is 0 Å². The summed E-state index contributed by atoms with van der Waals surface area (Å²) in [5.41, 5.74) is -1.80. The van der Waals surface area contributed by atoms with E-state index in [2.05, 4.69) is 22.8 Å². The molecule has 0 aromatic heterocycles. The predicted molar refractivity (Wildman–Crippen MR) is 197 cm³/mol. The third-order valence-electron chi connectivity index (χ3n) is 16.4. The maximum Gasteiger partial charge on any atom is 0.312 e. The van der Waals surface area contributed by atoms with Crippen molar-refractivity contribution in [3.05, 3.63) is 0 Å². The number of likely N-dealkylation sites (tertiary alicyclic amines) is 2. The van der Waals surface area contributed by atoms with Gasteiger partial charge in [0.25, 0.3) is 0 Å². The minimum absolute atomic E-state index is 0.0147.